The van der Waals surface area contributed by atoms with Gasteiger partial charge in [-0.15, -0.1) is 23.7 Å². The maximum absolute atomic E-state index is 12.2. The van der Waals surface area contributed by atoms with Gasteiger partial charge in [-0.05, 0) is 74.5 Å². The van der Waals surface area contributed by atoms with Crippen molar-refractivity contribution in [3.05, 3.63) is 45.9 Å². The molecule has 36 heavy (non-hydrogen) atoms. The average Bonchev–Trinajstić information content (AvgIpc) is 3.42. The van der Waals surface area contributed by atoms with Crippen LogP contribution >= 0.6 is 35.3 Å². The molecule has 2 aromatic heterocycles. The zero-order valence-corrected chi connectivity index (χ0v) is 22.5. The molecule has 0 aliphatic carbocycles. The molecule has 1 aromatic carbocycles. The molecule has 3 aliphatic rings. The summed E-state index contributed by atoms with van der Waals surface area (Å²) in [7, 11) is 0. The van der Waals surface area contributed by atoms with Gasteiger partial charge in [0.15, 0.2) is 0 Å². The first-order valence-electron chi connectivity index (χ1n) is 12.6. The zero-order valence-electron chi connectivity index (χ0n) is 20.1. The van der Waals surface area contributed by atoms with Gasteiger partial charge in [-0.3, -0.25) is 19.5 Å². The van der Waals surface area contributed by atoms with Crippen molar-refractivity contribution in [2.75, 3.05) is 31.1 Å². The van der Waals surface area contributed by atoms with E-state index in [0.29, 0.717) is 25.3 Å². The van der Waals surface area contributed by atoms with Gasteiger partial charge in [-0.1, -0.05) is 11.6 Å². The molecule has 6 nitrogen and oxygen atoms in total. The van der Waals surface area contributed by atoms with Crippen LogP contribution in [-0.4, -0.2) is 47.9 Å². The number of nitrogens with one attached hydrogen (secondary N) is 1. The molecule has 0 atom stereocenters. The molecule has 0 saturated carbocycles. The summed E-state index contributed by atoms with van der Waals surface area (Å²) in [5.41, 5.74) is 5.82. The standard InChI is InChI=1S/C27H29ClN4O2S.ClH/c28-19-12-18-2-1-11-31(15-17-5-8-29-9-6-17)26(18)22(13-19)21-7-10-30-23-14-20(35-27(21)23)16-32-24(33)3-4-25(32)34;/h7,10,12-14,17,29H,1-6,8-9,11,15-16H2;1H. The first kappa shape index (κ1) is 25.5. The molecule has 6 rings (SSSR count). The Hall–Kier alpha value is -2.19. The third kappa shape index (κ3) is 4.86. The van der Waals surface area contributed by atoms with E-state index >= 15 is 0 Å². The number of likely N-dealkylation sites (tertiary alicyclic amines) is 1. The molecule has 9 heteroatoms. The van der Waals surface area contributed by atoms with Gasteiger partial charge in [0.2, 0.25) is 11.8 Å². The maximum atomic E-state index is 12.2. The van der Waals surface area contributed by atoms with Crippen molar-refractivity contribution in [3.63, 3.8) is 0 Å². The summed E-state index contributed by atoms with van der Waals surface area (Å²) in [6.07, 6.45) is 7.10. The first-order chi connectivity index (χ1) is 17.1. The fourth-order valence-electron chi connectivity index (χ4n) is 5.79. The highest BCUT2D eigenvalue weighted by atomic mass is 35.5. The number of nitrogens with zero attached hydrogens (tertiary/aromatic N) is 3. The highest BCUT2D eigenvalue weighted by Crippen LogP contribution is 2.44. The van der Waals surface area contributed by atoms with E-state index in [2.05, 4.69) is 33.4 Å². The topological polar surface area (TPSA) is 65.5 Å². The molecule has 3 aliphatic heterocycles. The minimum Gasteiger partial charge on any atom is -0.371 e. The van der Waals surface area contributed by atoms with Gasteiger partial charge in [0.1, 0.15) is 0 Å². The SMILES string of the molecule is Cl.O=C1CCC(=O)N1Cc1cc2nccc(-c3cc(Cl)cc4c3N(CC3CCNCC3)CCC4)c2s1. The largest absolute Gasteiger partial charge is 0.371 e. The lowest BCUT2D eigenvalue weighted by molar-refractivity contribution is -0.138. The summed E-state index contributed by atoms with van der Waals surface area (Å²) in [4.78, 5) is 33.9. The molecule has 2 saturated heterocycles. The predicted octanol–water partition coefficient (Wildman–Crippen LogP) is 5.44. The van der Waals surface area contributed by atoms with Crippen LogP contribution in [0.3, 0.4) is 0 Å². The molecule has 2 amide bonds. The van der Waals surface area contributed by atoms with Gasteiger partial charge >= 0.3 is 0 Å². The van der Waals surface area contributed by atoms with Crippen LogP contribution in [0.2, 0.25) is 5.02 Å². The Morgan fingerprint density at radius 1 is 1.06 bits per heavy atom. The Morgan fingerprint density at radius 3 is 2.61 bits per heavy atom. The van der Waals surface area contributed by atoms with Crippen molar-refractivity contribution in [1.82, 2.24) is 15.2 Å². The van der Waals surface area contributed by atoms with E-state index in [-0.39, 0.29) is 24.2 Å². The van der Waals surface area contributed by atoms with Crippen molar-refractivity contribution < 1.29 is 9.59 Å². The van der Waals surface area contributed by atoms with E-state index in [1.807, 2.05) is 12.3 Å². The summed E-state index contributed by atoms with van der Waals surface area (Å²) in [5, 5.41) is 4.24. The van der Waals surface area contributed by atoms with Crippen LogP contribution in [0.1, 0.15) is 42.5 Å². The molecule has 3 aromatic rings. The molecule has 0 radical (unpaired) electrons. The van der Waals surface area contributed by atoms with Crippen LogP contribution in [0.15, 0.2) is 30.5 Å². The Balaban J connectivity index is 0.00000267. The molecule has 1 N–H and O–H groups in total. The fraction of sp³-hybridized carbons (Fsp3) is 0.444. The number of carbonyl (C=O) groups is 2. The van der Waals surface area contributed by atoms with Crippen LogP contribution in [0.4, 0.5) is 5.69 Å². The Labute approximate surface area is 226 Å². The number of pyridine rings is 1. The summed E-state index contributed by atoms with van der Waals surface area (Å²) < 4.78 is 1.08. The van der Waals surface area contributed by atoms with Crippen molar-refractivity contribution in [2.24, 2.45) is 5.92 Å². The number of aryl methyl sites for hydroxylation is 1. The van der Waals surface area contributed by atoms with Crippen LogP contribution in [0.25, 0.3) is 21.3 Å². The Kier molecular flexibility index (Phi) is 7.54. The number of thiophene rings is 1. The molecule has 190 valence electrons. The van der Waals surface area contributed by atoms with Crippen LogP contribution in [-0.2, 0) is 22.6 Å². The fourth-order valence-corrected chi connectivity index (χ4v) is 7.16. The lowest BCUT2D eigenvalue weighted by Crippen LogP contribution is -2.38. The van der Waals surface area contributed by atoms with Crippen molar-refractivity contribution >= 4 is 63.1 Å². The normalized spacial score (nSPS) is 18.6. The quantitative estimate of drug-likeness (QED) is 0.433. The molecule has 0 unspecified atom stereocenters. The van der Waals surface area contributed by atoms with Gasteiger partial charge in [0.25, 0.3) is 0 Å². The molecule has 2 fully saturated rings. The van der Waals surface area contributed by atoms with E-state index in [1.54, 1.807) is 11.3 Å². The summed E-state index contributed by atoms with van der Waals surface area (Å²) >= 11 is 8.28. The average molecular weight is 546 g/mol. The van der Waals surface area contributed by atoms with Crippen LogP contribution < -0.4 is 10.2 Å². The van der Waals surface area contributed by atoms with E-state index in [1.165, 1.54) is 29.0 Å². The minimum atomic E-state index is -0.0851. The number of piperidine rings is 1. The number of imide groups is 1. The van der Waals surface area contributed by atoms with E-state index in [9.17, 15) is 9.59 Å². The second-order valence-corrected chi connectivity index (χ2v) is 11.4. The smallest absolute Gasteiger partial charge is 0.230 e. The van der Waals surface area contributed by atoms with Gasteiger partial charge < -0.3 is 10.2 Å². The third-order valence-electron chi connectivity index (χ3n) is 7.50. The van der Waals surface area contributed by atoms with E-state index in [4.69, 9.17) is 11.6 Å². The van der Waals surface area contributed by atoms with Gasteiger partial charge in [0, 0.05) is 58.8 Å². The number of benzene rings is 1. The second kappa shape index (κ2) is 10.7. The summed E-state index contributed by atoms with van der Waals surface area (Å²) in [6, 6.07) is 8.34. The number of carbonyl (C=O) groups excluding carboxylic acids is 2. The van der Waals surface area contributed by atoms with Crippen molar-refractivity contribution in [1.29, 1.82) is 0 Å². The number of halogens is 2. The number of aromatic nitrogens is 1. The number of hydrogen-bond acceptors (Lipinski definition) is 6. The van der Waals surface area contributed by atoms with Crippen molar-refractivity contribution in [2.45, 2.75) is 45.1 Å². The van der Waals surface area contributed by atoms with Crippen LogP contribution in [0, 0.1) is 5.92 Å². The van der Waals surface area contributed by atoms with Gasteiger partial charge in [-0.2, -0.15) is 0 Å². The number of anilines is 1. The number of hydrogen-bond donors (Lipinski definition) is 1. The van der Waals surface area contributed by atoms with E-state index < -0.39 is 0 Å². The molecule has 0 spiro atoms. The van der Waals surface area contributed by atoms with Gasteiger partial charge in [0.05, 0.1) is 16.8 Å². The third-order valence-corrected chi connectivity index (χ3v) is 8.86. The number of amides is 2. The Bertz CT molecular complexity index is 1290. The molecular formula is C27H30Cl2N4O2S. The monoisotopic (exact) mass is 544 g/mol. The first-order valence-corrected chi connectivity index (χ1v) is 13.8. The second-order valence-electron chi connectivity index (χ2n) is 9.86. The molecular weight excluding hydrogens is 515 g/mol. The maximum Gasteiger partial charge on any atom is 0.230 e. The number of fused-ring (bicyclic) bond motifs is 2. The lowest BCUT2D eigenvalue weighted by Gasteiger charge is -2.37. The number of rotatable bonds is 5. The van der Waals surface area contributed by atoms with Crippen molar-refractivity contribution in [3.8, 4) is 11.1 Å². The summed E-state index contributed by atoms with van der Waals surface area (Å²) in [6.45, 7) is 4.67. The lowest BCUT2D eigenvalue weighted by atomic mass is 9.91. The minimum absolute atomic E-state index is 0. The Morgan fingerprint density at radius 2 is 1.83 bits per heavy atom. The predicted molar refractivity (Wildman–Crippen MR) is 148 cm³/mol. The van der Waals surface area contributed by atoms with Crippen LogP contribution in [0.5, 0.6) is 0 Å². The molecule has 5 heterocycles. The van der Waals surface area contributed by atoms with E-state index in [0.717, 1.165) is 70.3 Å². The highest BCUT2D eigenvalue weighted by molar-refractivity contribution is 7.19. The zero-order chi connectivity index (χ0) is 23.9. The molecule has 0 bridgehead atoms. The highest BCUT2D eigenvalue weighted by Gasteiger charge is 2.30. The summed E-state index contributed by atoms with van der Waals surface area (Å²) in [5.74, 6) is 0.531. The van der Waals surface area contributed by atoms with Gasteiger partial charge in [-0.25, -0.2) is 0 Å².